The van der Waals surface area contributed by atoms with Crippen LogP contribution in [0.5, 0.6) is 5.75 Å². The van der Waals surface area contributed by atoms with Crippen LogP contribution in [0.15, 0.2) is 47.3 Å². The van der Waals surface area contributed by atoms with Crippen molar-refractivity contribution in [3.63, 3.8) is 0 Å². The Kier molecular flexibility index (Phi) is 3.62. The minimum Gasteiger partial charge on any atom is -0.493 e. The lowest BCUT2D eigenvalue weighted by molar-refractivity contribution is 0.233. The monoisotopic (exact) mass is 283 g/mol. The average Bonchev–Trinajstić information content (AvgIpc) is 2.49. The van der Waals surface area contributed by atoms with Crippen LogP contribution in [0.25, 0.3) is 22.2 Å². The Morgan fingerprint density at radius 1 is 1.14 bits per heavy atom. The van der Waals surface area contributed by atoms with E-state index in [0.29, 0.717) is 13.0 Å². The second-order valence-electron chi connectivity index (χ2n) is 5.07. The first-order valence-electron chi connectivity index (χ1n) is 6.96. The van der Waals surface area contributed by atoms with E-state index in [2.05, 4.69) is 6.07 Å². The minimum absolute atomic E-state index is 0.00722. The van der Waals surface area contributed by atoms with E-state index >= 15 is 0 Å². The predicted octanol–water partition coefficient (Wildman–Crippen LogP) is 2.40. The zero-order valence-electron chi connectivity index (χ0n) is 11.9. The van der Waals surface area contributed by atoms with Gasteiger partial charge in [0.2, 0.25) is 0 Å². The van der Waals surface area contributed by atoms with Gasteiger partial charge in [-0.1, -0.05) is 0 Å². The van der Waals surface area contributed by atoms with Gasteiger partial charge in [-0.05, 0) is 41.3 Å². The van der Waals surface area contributed by atoms with Gasteiger partial charge in [0, 0.05) is 32.2 Å². The van der Waals surface area contributed by atoms with Crippen molar-refractivity contribution in [1.29, 1.82) is 0 Å². The number of aliphatic hydroxyl groups is 1. The third kappa shape index (κ3) is 2.62. The summed E-state index contributed by atoms with van der Waals surface area (Å²) in [7, 11) is 1.95. The zero-order valence-corrected chi connectivity index (χ0v) is 11.9. The van der Waals surface area contributed by atoms with E-state index in [1.807, 2.05) is 35.9 Å². The van der Waals surface area contributed by atoms with Crippen molar-refractivity contribution in [3.8, 4) is 17.0 Å². The number of fused-ring (bicyclic) bond motifs is 2. The number of ether oxygens (including phenoxy) is 1. The number of aryl methyl sites for hydroxylation is 1. The van der Waals surface area contributed by atoms with Crippen LogP contribution in [-0.2, 0) is 7.05 Å². The van der Waals surface area contributed by atoms with Gasteiger partial charge in [-0.15, -0.1) is 0 Å². The normalized spacial score (nSPS) is 11.1. The van der Waals surface area contributed by atoms with E-state index in [1.165, 1.54) is 0 Å². The summed E-state index contributed by atoms with van der Waals surface area (Å²) < 4.78 is 7.62. The molecule has 0 atom stereocenters. The Labute approximate surface area is 122 Å². The molecule has 1 aromatic rings. The van der Waals surface area contributed by atoms with Crippen molar-refractivity contribution in [2.75, 3.05) is 13.2 Å². The van der Waals surface area contributed by atoms with Gasteiger partial charge in [-0.3, -0.25) is 4.79 Å². The Balaban J connectivity index is 2.12. The predicted molar refractivity (Wildman–Crippen MR) is 83.0 cm³/mol. The molecule has 0 amide bonds. The first-order valence-corrected chi connectivity index (χ1v) is 6.96. The summed E-state index contributed by atoms with van der Waals surface area (Å²) in [5.74, 6) is 0.768. The van der Waals surface area contributed by atoms with E-state index < -0.39 is 0 Å². The van der Waals surface area contributed by atoms with Gasteiger partial charge >= 0.3 is 0 Å². The van der Waals surface area contributed by atoms with Crippen molar-refractivity contribution >= 4 is 10.9 Å². The summed E-state index contributed by atoms with van der Waals surface area (Å²) in [6.45, 7) is 0.613. The SMILES string of the molecule is Cn1c2cc(=O)ccc-2cc2ccc(OCCCO)cc21. The number of rotatable bonds is 4. The van der Waals surface area contributed by atoms with Gasteiger partial charge in [-0.2, -0.15) is 0 Å². The number of nitrogens with zero attached hydrogens (tertiary/aromatic N) is 1. The minimum atomic E-state index is 0.00722. The molecule has 0 unspecified atom stereocenters. The average molecular weight is 283 g/mol. The van der Waals surface area contributed by atoms with E-state index in [0.717, 1.165) is 27.9 Å². The molecular formula is C17H17NO3. The quantitative estimate of drug-likeness (QED) is 0.591. The van der Waals surface area contributed by atoms with Gasteiger partial charge in [-0.25, -0.2) is 0 Å². The van der Waals surface area contributed by atoms with E-state index in [-0.39, 0.29) is 12.0 Å². The molecule has 4 heteroatoms. The smallest absolute Gasteiger partial charge is 0.180 e. The van der Waals surface area contributed by atoms with Crippen LogP contribution in [0, 0.1) is 0 Å². The maximum Gasteiger partial charge on any atom is 0.180 e. The largest absolute Gasteiger partial charge is 0.493 e. The molecule has 0 aromatic heterocycles. The molecule has 1 heterocycles. The van der Waals surface area contributed by atoms with E-state index in [9.17, 15) is 4.79 Å². The Hall–Kier alpha value is -2.33. The highest BCUT2D eigenvalue weighted by atomic mass is 16.5. The van der Waals surface area contributed by atoms with Gasteiger partial charge in [0.15, 0.2) is 5.43 Å². The zero-order chi connectivity index (χ0) is 14.8. The highest BCUT2D eigenvalue weighted by Crippen LogP contribution is 2.28. The molecule has 1 aliphatic heterocycles. The van der Waals surface area contributed by atoms with Gasteiger partial charge in [0.25, 0.3) is 0 Å². The number of aliphatic hydroxyl groups excluding tert-OH is 1. The molecule has 0 radical (unpaired) electrons. The number of benzene rings is 2. The molecule has 3 rings (SSSR count). The van der Waals surface area contributed by atoms with E-state index in [4.69, 9.17) is 9.84 Å². The molecule has 0 bridgehead atoms. The topological polar surface area (TPSA) is 51.5 Å². The summed E-state index contributed by atoms with van der Waals surface area (Å²) in [5, 5.41) is 9.89. The molecule has 21 heavy (non-hydrogen) atoms. The maximum absolute atomic E-state index is 11.6. The Morgan fingerprint density at radius 2 is 2.00 bits per heavy atom. The highest BCUT2D eigenvalue weighted by molar-refractivity contribution is 5.87. The number of hydrogen-bond acceptors (Lipinski definition) is 3. The highest BCUT2D eigenvalue weighted by Gasteiger charge is 2.09. The number of hydrogen-bond donors (Lipinski definition) is 1. The molecule has 0 saturated heterocycles. The Bertz CT molecular complexity index is 807. The van der Waals surface area contributed by atoms with Crippen molar-refractivity contribution in [1.82, 2.24) is 4.57 Å². The fourth-order valence-corrected chi connectivity index (χ4v) is 2.51. The molecule has 108 valence electrons. The fourth-order valence-electron chi connectivity index (χ4n) is 2.51. The first-order chi connectivity index (χ1) is 10.2. The van der Waals surface area contributed by atoms with Crippen LogP contribution in [-0.4, -0.2) is 22.9 Å². The van der Waals surface area contributed by atoms with E-state index in [1.54, 1.807) is 12.1 Å². The third-order valence-electron chi connectivity index (χ3n) is 3.61. The fraction of sp³-hybridized carbons (Fsp3) is 0.235. The second kappa shape index (κ2) is 5.58. The van der Waals surface area contributed by atoms with Crippen LogP contribution in [0.2, 0.25) is 0 Å². The van der Waals surface area contributed by atoms with Crippen molar-refractivity contribution in [2.24, 2.45) is 7.05 Å². The molecule has 2 aliphatic rings. The molecule has 1 N–H and O–H groups in total. The summed E-state index contributed by atoms with van der Waals surface area (Å²) in [6.07, 6.45) is 0.613. The molecule has 1 aliphatic carbocycles. The van der Waals surface area contributed by atoms with Crippen LogP contribution >= 0.6 is 0 Å². The third-order valence-corrected chi connectivity index (χ3v) is 3.61. The Morgan fingerprint density at radius 3 is 2.81 bits per heavy atom. The molecule has 1 aromatic carbocycles. The molecular weight excluding hydrogens is 266 g/mol. The molecule has 0 saturated carbocycles. The standard InChI is InChI=1S/C17H17NO3/c1-18-16-10-14(20)5-3-12(16)9-13-4-6-15(11-17(13)18)21-8-2-7-19/h3-6,9-11,19H,2,7-8H2,1H3. The lowest BCUT2D eigenvalue weighted by atomic mass is 10.1. The maximum atomic E-state index is 11.6. The second-order valence-corrected chi connectivity index (χ2v) is 5.07. The molecule has 0 spiro atoms. The van der Waals surface area contributed by atoms with Gasteiger partial charge in [0.05, 0.1) is 17.8 Å². The van der Waals surface area contributed by atoms with Crippen LogP contribution in [0.3, 0.4) is 0 Å². The van der Waals surface area contributed by atoms with Crippen LogP contribution < -0.4 is 10.2 Å². The van der Waals surface area contributed by atoms with Crippen molar-refractivity contribution < 1.29 is 9.84 Å². The lowest BCUT2D eigenvalue weighted by Crippen LogP contribution is -2.06. The van der Waals surface area contributed by atoms with Crippen LogP contribution in [0.1, 0.15) is 6.42 Å². The molecule has 4 nitrogen and oxygen atoms in total. The summed E-state index contributed by atoms with van der Waals surface area (Å²) in [4.78, 5) is 11.6. The van der Waals surface area contributed by atoms with Crippen LogP contribution in [0.4, 0.5) is 0 Å². The molecule has 0 fully saturated rings. The van der Waals surface area contributed by atoms with Gasteiger partial charge < -0.3 is 14.4 Å². The summed E-state index contributed by atoms with van der Waals surface area (Å²) in [6, 6.07) is 13.0. The van der Waals surface area contributed by atoms with Crippen molar-refractivity contribution in [2.45, 2.75) is 6.42 Å². The number of aromatic nitrogens is 1. The van der Waals surface area contributed by atoms with Gasteiger partial charge in [0.1, 0.15) is 5.75 Å². The first kappa shape index (κ1) is 13.6. The van der Waals surface area contributed by atoms with Crippen molar-refractivity contribution in [3.05, 3.63) is 52.7 Å². The lowest BCUT2D eigenvalue weighted by Gasteiger charge is -2.16. The summed E-state index contributed by atoms with van der Waals surface area (Å²) >= 11 is 0. The summed E-state index contributed by atoms with van der Waals surface area (Å²) in [5.41, 5.74) is 2.96. The number of pyridine rings is 1.